The maximum Gasteiger partial charge on any atom is 0.137 e. The second kappa shape index (κ2) is 9.46. The summed E-state index contributed by atoms with van der Waals surface area (Å²) >= 11 is 3.75. The molecule has 0 saturated heterocycles. The summed E-state index contributed by atoms with van der Waals surface area (Å²) in [6.45, 7) is 0. The number of nitrogens with zero attached hydrogens (tertiary/aromatic N) is 1. The van der Waals surface area contributed by atoms with Crippen LogP contribution in [0.5, 0.6) is 0 Å². The maximum absolute atomic E-state index is 6.42. The van der Waals surface area contributed by atoms with E-state index >= 15 is 0 Å². The molecule has 4 aromatic heterocycles. The van der Waals surface area contributed by atoms with Gasteiger partial charge in [-0.25, -0.2) is 0 Å². The first-order valence-electron chi connectivity index (χ1n) is 15.7. The lowest BCUT2D eigenvalue weighted by Gasteiger charge is -2.26. The summed E-state index contributed by atoms with van der Waals surface area (Å²) in [7, 11) is 0. The summed E-state index contributed by atoms with van der Waals surface area (Å²) in [4.78, 5) is 2.37. The number of fused-ring (bicyclic) bond motifs is 13. The topological polar surface area (TPSA) is 29.5 Å². The number of furan rings is 2. The molecule has 5 heteroatoms. The van der Waals surface area contributed by atoms with Crippen LogP contribution in [0, 0.1) is 0 Å². The van der Waals surface area contributed by atoms with Crippen LogP contribution in [0.25, 0.3) is 84.2 Å². The maximum atomic E-state index is 6.42. The van der Waals surface area contributed by atoms with Crippen molar-refractivity contribution in [3.8, 4) is 0 Å². The van der Waals surface area contributed by atoms with Gasteiger partial charge in [0.15, 0.2) is 0 Å². The van der Waals surface area contributed by atoms with Gasteiger partial charge in [-0.1, -0.05) is 66.7 Å². The Morgan fingerprint density at radius 3 is 1.64 bits per heavy atom. The molecule has 0 aliphatic heterocycles. The van der Waals surface area contributed by atoms with Crippen LogP contribution in [-0.4, -0.2) is 0 Å². The fourth-order valence-corrected chi connectivity index (χ4v) is 9.84. The summed E-state index contributed by atoms with van der Waals surface area (Å²) in [6, 6.07) is 49.7. The van der Waals surface area contributed by atoms with Crippen LogP contribution in [-0.2, 0) is 0 Å². The zero-order valence-electron chi connectivity index (χ0n) is 24.9. The molecular formula is C42H23NO2S2. The van der Waals surface area contributed by atoms with E-state index in [4.69, 9.17) is 8.83 Å². The van der Waals surface area contributed by atoms with Crippen molar-refractivity contribution in [2.75, 3.05) is 4.90 Å². The predicted molar refractivity (Wildman–Crippen MR) is 201 cm³/mol. The lowest BCUT2D eigenvalue weighted by atomic mass is 10.0. The number of anilines is 3. The van der Waals surface area contributed by atoms with E-state index in [1.807, 2.05) is 46.9 Å². The van der Waals surface area contributed by atoms with Crippen molar-refractivity contribution in [1.29, 1.82) is 0 Å². The van der Waals surface area contributed by atoms with Crippen molar-refractivity contribution in [2.24, 2.45) is 0 Å². The van der Waals surface area contributed by atoms with Crippen LogP contribution in [0.15, 0.2) is 148 Å². The molecule has 0 bridgehead atoms. The molecule has 0 amide bonds. The lowest BCUT2D eigenvalue weighted by molar-refractivity contribution is 0.669. The van der Waals surface area contributed by atoms with E-state index in [-0.39, 0.29) is 0 Å². The first-order chi connectivity index (χ1) is 23.3. The van der Waals surface area contributed by atoms with Crippen LogP contribution < -0.4 is 4.90 Å². The Bertz CT molecular complexity index is 2930. The Balaban J connectivity index is 1.24. The standard InChI is InChI=1S/C42H23NO2S2/c1-4-12-33-26(8-1)28-18-16-24(22-35(28)44-33)43(25-17-19-29-27-9-2-5-13-34(27)45-36(29)23-25)32-11-7-15-38-40(32)41-39(46-38)21-20-31-30-10-3-6-14-37(30)47-42(31)41/h1-23H. The number of hydrogen-bond acceptors (Lipinski definition) is 5. The smallest absolute Gasteiger partial charge is 0.137 e. The van der Waals surface area contributed by atoms with Crippen LogP contribution in [0.3, 0.4) is 0 Å². The molecule has 0 atom stereocenters. The minimum absolute atomic E-state index is 0.868. The monoisotopic (exact) mass is 637 g/mol. The highest BCUT2D eigenvalue weighted by atomic mass is 32.1. The second-order valence-electron chi connectivity index (χ2n) is 12.1. The van der Waals surface area contributed by atoms with Crippen molar-refractivity contribution in [3.63, 3.8) is 0 Å². The summed E-state index contributed by atoms with van der Waals surface area (Å²) in [5.41, 5.74) is 6.72. The molecule has 0 N–H and O–H groups in total. The highest BCUT2D eigenvalue weighted by Gasteiger charge is 2.22. The molecule has 0 aliphatic carbocycles. The molecule has 0 fully saturated rings. The Morgan fingerprint density at radius 2 is 0.936 bits per heavy atom. The summed E-state index contributed by atoms with van der Waals surface area (Å²) < 4.78 is 18.0. The molecule has 47 heavy (non-hydrogen) atoms. The average Bonchev–Trinajstić information content (AvgIpc) is 3.87. The molecule has 0 unspecified atom stereocenters. The third-order valence-electron chi connectivity index (χ3n) is 9.46. The average molecular weight is 638 g/mol. The Hall–Kier alpha value is -5.62. The second-order valence-corrected chi connectivity index (χ2v) is 14.2. The Labute approximate surface area is 276 Å². The fourth-order valence-electron chi connectivity index (χ4n) is 7.39. The van der Waals surface area contributed by atoms with E-state index in [0.29, 0.717) is 0 Å². The molecule has 7 aromatic carbocycles. The van der Waals surface area contributed by atoms with E-state index in [9.17, 15) is 0 Å². The summed E-state index contributed by atoms with van der Waals surface area (Å²) in [5.74, 6) is 0. The molecule has 4 heterocycles. The normalized spacial score (nSPS) is 12.3. The van der Waals surface area contributed by atoms with Gasteiger partial charge in [0.2, 0.25) is 0 Å². The Morgan fingerprint density at radius 1 is 0.383 bits per heavy atom. The molecule has 0 radical (unpaired) electrons. The van der Waals surface area contributed by atoms with Crippen molar-refractivity contribution >= 4 is 124 Å². The van der Waals surface area contributed by atoms with Gasteiger partial charge in [0, 0.05) is 85.4 Å². The quantitative estimate of drug-likeness (QED) is 0.193. The SMILES string of the molecule is c1ccc2c(c1)oc1cc(N(c3ccc4c(c3)oc3ccccc34)c3cccc4sc5ccc6c7ccccc7sc6c5c34)ccc12. The van der Waals surface area contributed by atoms with Crippen LogP contribution >= 0.6 is 22.7 Å². The zero-order chi connectivity index (χ0) is 30.6. The van der Waals surface area contributed by atoms with Gasteiger partial charge < -0.3 is 13.7 Å². The highest BCUT2D eigenvalue weighted by Crippen LogP contribution is 2.50. The predicted octanol–water partition coefficient (Wildman–Crippen LogP) is 13.7. The minimum Gasteiger partial charge on any atom is -0.456 e. The van der Waals surface area contributed by atoms with Crippen molar-refractivity contribution in [3.05, 3.63) is 140 Å². The number of rotatable bonds is 3. The molecule has 0 saturated carbocycles. The highest BCUT2D eigenvalue weighted by molar-refractivity contribution is 7.29. The molecule has 11 aromatic rings. The third kappa shape index (κ3) is 3.61. The largest absolute Gasteiger partial charge is 0.456 e. The summed E-state index contributed by atoms with van der Waals surface area (Å²) in [6.07, 6.45) is 0. The van der Waals surface area contributed by atoms with E-state index < -0.39 is 0 Å². The zero-order valence-corrected chi connectivity index (χ0v) is 26.5. The van der Waals surface area contributed by atoms with Crippen LogP contribution in [0.4, 0.5) is 17.1 Å². The minimum atomic E-state index is 0.868. The van der Waals surface area contributed by atoms with Crippen LogP contribution in [0.2, 0.25) is 0 Å². The van der Waals surface area contributed by atoms with Gasteiger partial charge >= 0.3 is 0 Å². The van der Waals surface area contributed by atoms with E-state index in [1.54, 1.807) is 0 Å². The van der Waals surface area contributed by atoms with E-state index in [0.717, 1.165) is 60.9 Å². The molecule has 3 nitrogen and oxygen atoms in total. The van der Waals surface area contributed by atoms with Crippen molar-refractivity contribution in [2.45, 2.75) is 0 Å². The van der Waals surface area contributed by atoms with Gasteiger partial charge in [-0.3, -0.25) is 0 Å². The van der Waals surface area contributed by atoms with Gasteiger partial charge in [0.05, 0.1) is 5.69 Å². The molecule has 220 valence electrons. The van der Waals surface area contributed by atoms with Gasteiger partial charge in [-0.15, -0.1) is 22.7 Å². The lowest BCUT2D eigenvalue weighted by Crippen LogP contribution is -2.10. The van der Waals surface area contributed by atoms with Crippen molar-refractivity contribution < 1.29 is 8.83 Å². The number of hydrogen-bond donors (Lipinski definition) is 0. The molecule has 0 spiro atoms. The van der Waals surface area contributed by atoms with E-state index in [1.165, 1.54) is 40.3 Å². The third-order valence-corrected chi connectivity index (χ3v) is 11.8. The van der Waals surface area contributed by atoms with Gasteiger partial charge in [0.25, 0.3) is 0 Å². The van der Waals surface area contributed by atoms with Gasteiger partial charge in [0.1, 0.15) is 22.3 Å². The molecule has 0 aliphatic rings. The van der Waals surface area contributed by atoms with E-state index in [2.05, 4.69) is 120 Å². The Kier molecular flexibility index (Phi) is 5.14. The first kappa shape index (κ1) is 25.6. The fraction of sp³-hybridized carbons (Fsp3) is 0. The number of benzene rings is 7. The molecule has 11 rings (SSSR count). The van der Waals surface area contributed by atoms with Gasteiger partial charge in [-0.2, -0.15) is 0 Å². The molecular weight excluding hydrogens is 615 g/mol. The number of thiophene rings is 2. The number of para-hydroxylation sites is 2. The van der Waals surface area contributed by atoms with Crippen LogP contribution in [0.1, 0.15) is 0 Å². The first-order valence-corrected chi connectivity index (χ1v) is 17.3. The summed E-state index contributed by atoms with van der Waals surface area (Å²) in [5, 5.41) is 9.69. The van der Waals surface area contributed by atoms with Gasteiger partial charge in [-0.05, 0) is 60.7 Å². The van der Waals surface area contributed by atoms with Crippen molar-refractivity contribution in [1.82, 2.24) is 0 Å².